The van der Waals surface area contributed by atoms with Gasteiger partial charge in [0.2, 0.25) is 11.9 Å². The molecule has 7 nitrogen and oxygen atoms in total. The van der Waals surface area contributed by atoms with Gasteiger partial charge in [0.05, 0.1) is 6.20 Å². The van der Waals surface area contributed by atoms with Crippen molar-refractivity contribution in [2.24, 2.45) is 0 Å². The van der Waals surface area contributed by atoms with Gasteiger partial charge in [-0.15, -0.1) is 13.2 Å². The summed E-state index contributed by atoms with van der Waals surface area (Å²) in [6.07, 6.45) is -2.82. The minimum Gasteiger partial charge on any atom is -0.406 e. The molecule has 3 rings (SSSR count). The lowest BCUT2D eigenvalue weighted by Crippen LogP contribution is -2.17. The maximum atomic E-state index is 14.2. The molecule has 31 heavy (non-hydrogen) atoms. The Morgan fingerprint density at radius 2 is 1.71 bits per heavy atom. The van der Waals surface area contributed by atoms with E-state index in [1.165, 1.54) is 12.1 Å². The third kappa shape index (κ3) is 6.42. The van der Waals surface area contributed by atoms with E-state index in [0.717, 1.165) is 24.4 Å². The first kappa shape index (κ1) is 21.6. The van der Waals surface area contributed by atoms with E-state index in [1.54, 1.807) is 24.3 Å². The lowest BCUT2D eigenvalue weighted by molar-refractivity contribution is -0.274. The Labute approximate surface area is 173 Å². The number of alkyl halides is 3. The van der Waals surface area contributed by atoms with Crippen LogP contribution in [0.3, 0.4) is 0 Å². The molecule has 0 unspecified atom stereocenters. The van der Waals surface area contributed by atoms with Gasteiger partial charge in [-0.05, 0) is 36.4 Å². The molecule has 0 spiro atoms. The minimum atomic E-state index is -4.83. The SMILES string of the molecule is C=CC(=O)Nc1cccc(Nc2nc(Nc3cccc(OC(F)(F)F)c3)ncc2F)c1. The van der Waals surface area contributed by atoms with Gasteiger partial charge in [0, 0.05) is 23.1 Å². The second-order valence-electron chi connectivity index (χ2n) is 5.99. The smallest absolute Gasteiger partial charge is 0.406 e. The first-order chi connectivity index (χ1) is 14.7. The fraction of sp³-hybridized carbons (Fsp3) is 0.0500. The third-order valence-electron chi connectivity index (χ3n) is 3.65. The van der Waals surface area contributed by atoms with E-state index >= 15 is 0 Å². The molecule has 0 saturated heterocycles. The highest BCUT2D eigenvalue weighted by atomic mass is 19.4. The van der Waals surface area contributed by atoms with Crippen LogP contribution in [0.4, 0.5) is 46.4 Å². The number of hydrogen-bond acceptors (Lipinski definition) is 6. The monoisotopic (exact) mass is 433 g/mol. The number of halogens is 4. The first-order valence-corrected chi connectivity index (χ1v) is 8.68. The average Bonchev–Trinajstić information content (AvgIpc) is 2.70. The van der Waals surface area contributed by atoms with Crippen LogP contribution in [0.15, 0.2) is 67.4 Å². The van der Waals surface area contributed by atoms with Crippen molar-refractivity contribution >= 4 is 34.7 Å². The van der Waals surface area contributed by atoms with Crippen LogP contribution in [-0.4, -0.2) is 22.2 Å². The topological polar surface area (TPSA) is 88.2 Å². The fourth-order valence-electron chi connectivity index (χ4n) is 2.42. The van der Waals surface area contributed by atoms with Gasteiger partial charge < -0.3 is 20.7 Å². The molecule has 1 aromatic heterocycles. The van der Waals surface area contributed by atoms with E-state index in [1.807, 2.05) is 0 Å². The Morgan fingerprint density at radius 1 is 1.03 bits per heavy atom. The molecule has 0 fully saturated rings. The number of ether oxygens (including phenoxy) is 1. The molecule has 0 aliphatic rings. The summed E-state index contributed by atoms with van der Waals surface area (Å²) in [5.74, 6) is -1.86. The maximum absolute atomic E-state index is 14.2. The number of nitrogens with one attached hydrogen (secondary N) is 3. The van der Waals surface area contributed by atoms with E-state index in [2.05, 4.69) is 37.2 Å². The van der Waals surface area contributed by atoms with Gasteiger partial charge >= 0.3 is 6.36 Å². The lowest BCUT2D eigenvalue weighted by Gasteiger charge is -2.12. The van der Waals surface area contributed by atoms with Crippen LogP contribution in [0.2, 0.25) is 0 Å². The molecule has 3 N–H and O–H groups in total. The van der Waals surface area contributed by atoms with Crippen LogP contribution in [-0.2, 0) is 4.79 Å². The Bertz CT molecular complexity index is 1100. The van der Waals surface area contributed by atoms with E-state index in [9.17, 15) is 22.4 Å². The van der Waals surface area contributed by atoms with E-state index < -0.39 is 23.8 Å². The zero-order chi connectivity index (χ0) is 22.4. The van der Waals surface area contributed by atoms with Crippen molar-refractivity contribution in [3.8, 4) is 5.75 Å². The highest BCUT2D eigenvalue weighted by molar-refractivity contribution is 5.99. The van der Waals surface area contributed by atoms with E-state index in [4.69, 9.17) is 0 Å². The molecule has 0 saturated carbocycles. The van der Waals surface area contributed by atoms with Crippen LogP contribution in [0.25, 0.3) is 0 Å². The molecular weight excluding hydrogens is 418 g/mol. The molecule has 1 heterocycles. The fourth-order valence-corrected chi connectivity index (χ4v) is 2.42. The number of nitrogens with zero attached hydrogens (tertiary/aromatic N) is 2. The Balaban J connectivity index is 1.77. The molecule has 0 bridgehead atoms. The first-order valence-electron chi connectivity index (χ1n) is 8.68. The molecule has 3 aromatic rings. The summed E-state index contributed by atoms with van der Waals surface area (Å²) in [6.45, 7) is 3.36. The van der Waals surface area contributed by atoms with Crippen molar-refractivity contribution in [2.45, 2.75) is 6.36 Å². The van der Waals surface area contributed by atoms with Crippen LogP contribution >= 0.6 is 0 Å². The van der Waals surface area contributed by atoms with Gasteiger partial charge in [-0.2, -0.15) is 4.98 Å². The van der Waals surface area contributed by atoms with Gasteiger partial charge in [-0.3, -0.25) is 4.79 Å². The van der Waals surface area contributed by atoms with Gasteiger partial charge in [0.1, 0.15) is 5.75 Å². The molecule has 0 aliphatic heterocycles. The molecule has 1 amide bonds. The number of hydrogen-bond donors (Lipinski definition) is 3. The van der Waals surface area contributed by atoms with Gasteiger partial charge in [-0.1, -0.05) is 18.7 Å². The summed E-state index contributed by atoms with van der Waals surface area (Å²) in [4.78, 5) is 19.2. The van der Waals surface area contributed by atoms with Crippen molar-refractivity contribution in [1.29, 1.82) is 0 Å². The van der Waals surface area contributed by atoms with Crippen molar-refractivity contribution < 1.29 is 27.1 Å². The molecule has 0 radical (unpaired) electrons. The summed E-state index contributed by atoms with van der Waals surface area (Å²) in [7, 11) is 0. The van der Waals surface area contributed by atoms with Gasteiger partial charge in [-0.25, -0.2) is 9.37 Å². The summed E-state index contributed by atoms with van der Waals surface area (Å²) in [5, 5.41) is 8.01. The number of carbonyl (C=O) groups is 1. The van der Waals surface area contributed by atoms with Crippen molar-refractivity contribution in [3.05, 3.63) is 73.2 Å². The lowest BCUT2D eigenvalue weighted by atomic mass is 10.2. The largest absolute Gasteiger partial charge is 0.573 e. The van der Waals surface area contributed by atoms with Crippen LogP contribution in [0.5, 0.6) is 5.75 Å². The zero-order valence-electron chi connectivity index (χ0n) is 15.7. The second kappa shape index (κ2) is 9.11. The number of anilines is 5. The molecule has 2 aromatic carbocycles. The van der Waals surface area contributed by atoms with Gasteiger partial charge in [0.25, 0.3) is 0 Å². The summed E-state index contributed by atoms with van der Waals surface area (Å²) >= 11 is 0. The highest BCUT2D eigenvalue weighted by Crippen LogP contribution is 2.27. The number of aromatic nitrogens is 2. The molecular formula is C20H15F4N5O2. The average molecular weight is 433 g/mol. The van der Waals surface area contributed by atoms with Crippen molar-refractivity contribution in [3.63, 3.8) is 0 Å². The molecule has 11 heteroatoms. The summed E-state index contributed by atoms with van der Waals surface area (Å²) in [5.41, 5.74) is 1.07. The number of carbonyl (C=O) groups excluding carboxylic acids is 1. The predicted molar refractivity (Wildman–Crippen MR) is 107 cm³/mol. The number of amides is 1. The molecule has 0 aliphatic carbocycles. The predicted octanol–water partition coefficient (Wildman–Crippen LogP) is 5.13. The summed E-state index contributed by atoms with van der Waals surface area (Å²) < 4.78 is 55.2. The maximum Gasteiger partial charge on any atom is 0.573 e. The zero-order valence-corrected chi connectivity index (χ0v) is 15.7. The normalized spacial score (nSPS) is 10.8. The quantitative estimate of drug-likeness (QED) is 0.354. The standard InChI is InChI=1S/C20H15F4N5O2/c1-2-17(30)26-12-5-3-6-13(9-12)27-18-16(21)11-25-19(29-18)28-14-7-4-8-15(10-14)31-20(22,23)24/h2-11H,1H2,(H,26,30)(H2,25,27,28,29). The van der Waals surface area contributed by atoms with E-state index in [0.29, 0.717) is 11.4 Å². The van der Waals surface area contributed by atoms with Crippen LogP contribution in [0, 0.1) is 5.82 Å². The van der Waals surface area contributed by atoms with Crippen molar-refractivity contribution in [2.75, 3.05) is 16.0 Å². The Morgan fingerprint density at radius 3 is 2.42 bits per heavy atom. The molecule has 0 atom stereocenters. The highest BCUT2D eigenvalue weighted by Gasteiger charge is 2.31. The van der Waals surface area contributed by atoms with Crippen LogP contribution < -0.4 is 20.7 Å². The van der Waals surface area contributed by atoms with Crippen LogP contribution in [0.1, 0.15) is 0 Å². The third-order valence-corrected chi connectivity index (χ3v) is 3.65. The summed E-state index contributed by atoms with van der Waals surface area (Å²) in [6, 6.07) is 11.5. The Kier molecular flexibility index (Phi) is 6.34. The Hall–Kier alpha value is -4.15. The van der Waals surface area contributed by atoms with Gasteiger partial charge in [0.15, 0.2) is 11.6 Å². The number of rotatable bonds is 7. The van der Waals surface area contributed by atoms with Crippen molar-refractivity contribution in [1.82, 2.24) is 9.97 Å². The number of benzene rings is 2. The molecule has 160 valence electrons. The van der Waals surface area contributed by atoms with E-state index in [-0.39, 0.29) is 17.5 Å². The second-order valence-corrected chi connectivity index (χ2v) is 5.99. The minimum absolute atomic E-state index is 0.0656.